The van der Waals surface area contributed by atoms with E-state index in [0.717, 1.165) is 10.7 Å². The lowest BCUT2D eigenvalue weighted by atomic mass is 9.93. The number of halogens is 3. The van der Waals surface area contributed by atoms with Crippen molar-refractivity contribution in [3.8, 4) is 5.88 Å². The van der Waals surface area contributed by atoms with E-state index in [-0.39, 0.29) is 40.2 Å². The number of rotatable bonds is 8. The van der Waals surface area contributed by atoms with Crippen molar-refractivity contribution >= 4 is 26.6 Å². The van der Waals surface area contributed by atoms with Crippen LogP contribution in [-0.2, 0) is 23.1 Å². The fourth-order valence-electron chi connectivity index (χ4n) is 5.01. The highest BCUT2D eigenvalue weighted by molar-refractivity contribution is 7.91. The van der Waals surface area contributed by atoms with Crippen molar-refractivity contribution in [2.45, 2.75) is 44.8 Å². The van der Waals surface area contributed by atoms with Gasteiger partial charge in [-0.25, -0.2) is 18.1 Å². The predicted molar refractivity (Wildman–Crippen MR) is 148 cm³/mol. The van der Waals surface area contributed by atoms with Gasteiger partial charge in [0.25, 0.3) is 5.56 Å². The number of likely N-dealkylation sites (N-methyl/N-ethyl adjacent to an activating group) is 1. The second-order valence-electron chi connectivity index (χ2n) is 10.5. The van der Waals surface area contributed by atoms with E-state index in [1.54, 1.807) is 19.1 Å². The Balaban J connectivity index is 1.80. The maximum Gasteiger partial charge on any atom is 0.416 e. The zero-order valence-electron chi connectivity index (χ0n) is 23.2. The smallest absolute Gasteiger partial charge is 0.416 e. The first-order valence-electron chi connectivity index (χ1n) is 13.0. The Morgan fingerprint density at radius 1 is 1.23 bits per heavy atom. The van der Waals surface area contributed by atoms with Crippen molar-refractivity contribution in [1.29, 1.82) is 0 Å². The molecule has 1 N–H and O–H groups in total. The molecule has 40 heavy (non-hydrogen) atoms. The Morgan fingerprint density at radius 2 is 1.90 bits per heavy atom. The molecule has 9 nitrogen and oxygen atoms in total. The summed E-state index contributed by atoms with van der Waals surface area (Å²) in [5, 5.41) is 7.96. The van der Waals surface area contributed by atoms with E-state index in [9.17, 15) is 26.4 Å². The van der Waals surface area contributed by atoms with Crippen molar-refractivity contribution < 1.29 is 26.3 Å². The van der Waals surface area contributed by atoms with E-state index in [1.165, 1.54) is 20.0 Å². The van der Waals surface area contributed by atoms with Crippen molar-refractivity contribution in [3.63, 3.8) is 0 Å². The summed E-state index contributed by atoms with van der Waals surface area (Å²) in [5.41, 5.74) is 0.143. The molecule has 1 aliphatic heterocycles. The number of fused-ring (bicyclic) bond motifs is 1. The third kappa shape index (κ3) is 6.41. The topological polar surface area (TPSA) is 106 Å². The lowest BCUT2D eigenvalue weighted by Gasteiger charge is -2.25. The molecular weight excluding hydrogens is 547 g/mol. The Morgan fingerprint density at radius 3 is 2.52 bits per heavy atom. The second-order valence-corrected chi connectivity index (χ2v) is 12.8. The molecule has 0 amide bonds. The Kier molecular flexibility index (Phi) is 8.46. The summed E-state index contributed by atoms with van der Waals surface area (Å²) in [7, 11) is 2.15. The molecule has 0 unspecified atom stereocenters. The Bertz CT molecular complexity index is 1560. The number of aryl methyl sites for hydroxylation is 1. The number of alkyl halides is 3. The maximum absolute atomic E-state index is 13.5. The van der Waals surface area contributed by atoms with Crippen LogP contribution in [0.3, 0.4) is 0 Å². The number of nitrogens with zero attached hydrogens (tertiary/aromatic N) is 4. The normalized spacial score (nSPS) is 16.8. The van der Waals surface area contributed by atoms with Gasteiger partial charge in [-0.05, 0) is 70.0 Å². The number of aromatic nitrogens is 3. The van der Waals surface area contributed by atoms with Gasteiger partial charge >= 0.3 is 6.18 Å². The predicted octanol–water partition coefficient (Wildman–Crippen LogP) is 4.06. The van der Waals surface area contributed by atoms with Gasteiger partial charge in [0.15, 0.2) is 5.82 Å². The molecular formula is C27H34F3N5O4S. The van der Waals surface area contributed by atoms with Crippen molar-refractivity contribution in [1.82, 2.24) is 19.7 Å². The lowest BCUT2D eigenvalue weighted by Crippen LogP contribution is -2.26. The van der Waals surface area contributed by atoms with Gasteiger partial charge in [0.1, 0.15) is 22.0 Å². The number of hydrogen-bond donors (Lipinski definition) is 1. The third-order valence-electron chi connectivity index (χ3n) is 7.29. The van der Waals surface area contributed by atoms with E-state index in [2.05, 4.69) is 15.4 Å². The third-order valence-corrected chi connectivity index (χ3v) is 9.00. The molecule has 4 rings (SSSR count). The van der Waals surface area contributed by atoms with E-state index >= 15 is 0 Å². The molecule has 0 radical (unpaired) electrons. The molecule has 3 aromatic rings. The van der Waals surface area contributed by atoms with Crippen molar-refractivity contribution in [2.75, 3.05) is 44.1 Å². The van der Waals surface area contributed by atoms with Crippen LogP contribution in [0.2, 0.25) is 0 Å². The van der Waals surface area contributed by atoms with Gasteiger partial charge in [-0.2, -0.15) is 18.3 Å². The SMILES string of the molecule is Cc1c([C@@H](C)Nc2nn(C)c(=O)c3nc(OCCN(C)C)c(C4CCS(=O)(=O)CC4)cc23)cccc1C(F)(F)F. The van der Waals surface area contributed by atoms with Crippen LogP contribution in [-0.4, -0.2) is 66.8 Å². The first-order valence-corrected chi connectivity index (χ1v) is 14.8. The number of pyridine rings is 1. The van der Waals surface area contributed by atoms with E-state index in [4.69, 9.17) is 4.74 Å². The minimum atomic E-state index is -4.49. The zero-order valence-corrected chi connectivity index (χ0v) is 24.0. The van der Waals surface area contributed by atoms with Gasteiger partial charge in [0.2, 0.25) is 5.88 Å². The molecule has 1 fully saturated rings. The Hall–Kier alpha value is -3.19. The summed E-state index contributed by atoms with van der Waals surface area (Å²) in [6.07, 6.45) is -3.71. The van der Waals surface area contributed by atoms with Gasteiger partial charge in [0, 0.05) is 19.2 Å². The highest BCUT2D eigenvalue weighted by Gasteiger charge is 2.34. The largest absolute Gasteiger partial charge is 0.476 e. The summed E-state index contributed by atoms with van der Waals surface area (Å²) >= 11 is 0. The minimum absolute atomic E-state index is 0.0403. The molecule has 1 aliphatic rings. The van der Waals surface area contributed by atoms with Gasteiger partial charge in [-0.15, -0.1) is 0 Å². The van der Waals surface area contributed by atoms with Gasteiger partial charge < -0.3 is 15.0 Å². The van der Waals surface area contributed by atoms with Gasteiger partial charge in [-0.3, -0.25) is 4.79 Å². The fraction of sp³-hybridized carbons (Fsp3) is 0.519. The first-order chi connectivity index (χ1) is 18.7. The monoisotopic (exact) mass is 581 g/mol. The molecule has 1 saturated heterocycles. The molecule has 218 valence electrons. The highest BCUT2D eigenvalue weighted by Crippen LogP contribution is 2.38. The molecule has 1 aromatic carbocycles. The minimum Gasteiger partial charge on any atom is -0.476 e. The molecule has 2 aromatic heterocycles. The van der Waals surface area contributed by atoms with E-state index < -0.39 is 33.2 Å². The second kappa shape index (κ2) is 11.4. The van der Waals surface area contributed by atoms with Gasteiger partial charge in [0.05, 0.1) is 28.5 Å². The molecule has 13 heteroatoms. The average molecular weight is 582 g/mol. The molecule has 1 atom stereocenters. The number of benzene rings is 1. The molecule has 3 heterocycles. The van der Waals surface area contributed by atoms with Crippen molar-refractivity contribution in [2.24, 2.45) is 7.05 Å². The number of anilines is 1. The lowest BCUT2D eigenvalue weighted by molar-refractivity contribution is -0.138. The summed E-state index contributed by atoms with van der Waals surface area (Å²) in [6, 6.07) is 5.20. The standard InChI is InChI=1S/C27H34F3N5O4S/c1-16-19(7-6-8-22(16)27(28,29)30)17(2)31-24-21-15-20(18-9-13-40(37,38)14-10-18)25(39-12-11-34(3)4)32-23(21)26(36)35(5)33-24/h6-8,15,17-18H,9-14H2,1-5H3,(H,31,33)/t17-/m1/s1. The first kappa shape index (κ1) is 29.8. The van der Waals surface area contributed by atoms with Crippen molar-refractivity contribution in [3.05, 3.63) is 56.9 Å². The van der Waals surface area contributed by atoms with Crippen LogP contribution in [0.25, 0.3) is 10.9 Å². The average Bonchev–Trinajstić information content (AvgIpc) is 2.86. The molecule has 0 aliphatic carbocycles. The van der Waals surface area contributed by atoms with Crippen LogP contribution >= 0.6 is 0 Å². The highest BCUT2D eigenvalue weighted by atomic mass is 32.2. The van der Waals surface area contributed by atoms with Crippen LogP contribution in [0, 0.1) is 6.92 Å². The van der Waals surface area contributed by atoms with E-state index in [0.29, 0.717) is 42.5 Å². The van der Waals surface area contributed by atoms with E-state index in [1.807, 2.05) is 19.0 Å². The zero-order chi connectivity index (χ0) is 29.4. The Labute approximate surface area is 231 Å². The van der Waals surface area contributed by atoms with Crippen LogP contribution in [0.1, 0.15) is 54.0 Å². The molecule has 0 spiro atoms. The number of nitrogens with one attached hydrogen (secondary N) is 1. The summed E-state index contributed by atoms with van der Waals surface area (Å²) in [5.74, 6) is 0.472. The van der Waals surface area contributed by atoms with Crippen LogP contribution in [0.4, 0.5) is 19.0 Å². The fourth-order valence-corrected chi connectivity index (χ4v) is 6.50. The summed E-state index contributed by atoms with van der Waals surface area (Å²) in [6.45, 7) is 4.07. The number of ether oxygens (including phenoxy) is 1. The van der Waals surface area contributed by atoms with Crippen LogP contribution in [0.5, 0.6) is 5.88 Å². The quantitative estimate of drug-likeness (QED) is 0.425. The van der Waals surface area contributed by atoms with Gasteiger partial charge in [-0.1, -0.05) is 12.1 Å². The van der Waals surface area contributed by atoms with Crippen LogP contribution in [0.15, 0.2) is 29.1 Å². The summed E-state index contributed by atoms with van der Waals surface area (Å²) < 4.78 is 71.9. The maximum atomic E-state index is 13.5. The van der Waals surface area contributed by atoms with Crippen LogP contribution < -0.4 is 15.6 Å². The summed E-state index contributed by atoms with van der Waals surface area (Å²) in [4.78, 5) is 19.6. The molecule has 0 saturated carbocycles. The molecule has 0 bridgehead atoms. The number of sulfone groups is 1. The number of hydrogen-bond acceptors (Lipinski definition) is 8.